The highest BCUT2D eigenvalue weighted by atomic mass is 16.3. The van der Waals surface area contributed by atoms with E-state index in [-0.39, 0.29) is 6.04 Å². The van der Waals surface area contributed by atoms with Gasteiger partial charge in [-0.3, -0.25) is 10.2 Å². The average molecular weight is 286 g/mol. The summed E-state index contributed by atoms with van der Waals surface area (Å²) < 4.78 is 7.71. The number of aromatic nitrogens is 2. The fraction of sp³-hybridized carbons (Fsp3) is 0.562. The molecule has 0 bridgehead atoms. The lowest BCUT2D eigenvalue weighted by Gasteiger charge is -2.22. The van der Waals surface area contributed by atoms with Crippen LogP contribution in [0.25, 0.3) is 0 Å². The number of nitrogens with one attached hydrogen (secondary N) is 1. The van der Waals surface area contributed by atoms with Gasteiger partial charge in [0.2, 0.25) is 0 Å². The second kappa shape index (κ2) is 5.31. The smallest absolute Gasteiger partial charge is 0.133 e. The van der Waals surface area contributed by atoms with Crippen molar-refractivity contribution in [2.24, 2.45) is 7.05 Å². The van der Waals surface area contributed by atoms with Crippen molar-refractivity contribution in [2.75, 3.05) is 13.1 Å². The summed E-state index contributed by atoms with van der Waals surface area (Å²) in [4.78, 5) is 7.13. The molecule has 112 valence electrons. The maximum absolute atomic E-state index is 5.64. The van der Waals surface area contributed by atoms with Gasteiger partial charge in [-0.05, 0) is 31.4 Å². The molecular weight excluding hydrogens is 264 g/mol. The summed E-state index contributed by atoms with van der Waals surface area (Å²) in [7, 11) is 2.03. The van der Waals surface area contributed by atoms with Crippen LogP contribution in [0.15, 0.2) is 35.2 Å². The van der Waals surface area contributed by atoms with Crippen molar-refractivity contribution in [3.63, 3.8) is 0 Å². The predicted octanol–water partition coefficient (Wildman–Crippen LogP) is 1.93. The molecule has 2 atom stereocenters. The second-order valence-electron chi connectivity index (χ2n) is 6.22. The van der Waals surface area contributed by atoms with E-state index in [9.17, 15) is 0 Å². The summed E-state index contributed by atoms with van der Waals surface area (Å²) in [6, 6.07) is 5.37. The Morgan fingerprint density at radius 2 is 2.29 bits per heavy atom. The van der Waals surface area contributed by atoms with E-state index in [4.69, 9.17) is 4.42 Å². The van der Waals surface area contributed by atoms with Crippen LogP contribution < -0.4 is 5.32 Å². The Bertz CT molecular complexity index is 587. The second-order valence-corrected chi connectivity index (χ2v) is 6.22. The van der Waals surface area contributed by atoms with Crippen LogP contribution in [0.1, 0.15) is 36.9 Å². The minimum Gasteiger partial charge on any atom is -0.467 e. The molecule has 1 saturated carbocycles. The summed E-state index contributed by atoms with van der Waals surface area (Å²) in [5.41, 5.74) is 0. The van der Waals surface area contributed by atoms with E-state index in [0.29, 0.717) is 6.04 Å². The van der Waals surface area contributed by atoms with Crippen molar-refractivity contribution in [1.82, 2.24) is 19.8 Å². The van der Waals surface area contributed by atoms with Crippen LogP contribution in [0.2, 0.25) is 0 Å². The summed E-state index contributed by atoms with van der Waals surface area (Å²) in [6.45, 7) is 2.36. The highest BCUT2D eigenvalue weighted by molar-refractivity contribution is 5.16. The molecule has 1 aliphatic heterocycles. The van der Waals surface area contributed by atoms with Crippen LogP contribution in [-0.2, 0) is 7.05 Å². The van der Waals surface area contributed by atoms with Crippen LogP contribution in [0.4, 0.5) is 0 Å². The highest BCUT2D eigenvalue weighted by Crippen LogP contribution is 2.31. The monoisotopic (exact) mass is 286 g/mol. The standard InChI is InChI=1S/C16H22N4O/c1-19-9-7-17-16(19)15(14-3-2-10-21-14)18-12-6-8-20(11-12)13-4-5-13/h2-3,7,9-10,12-13,15,18H,4-6,8,11H2,1H3. The molecule has 2 fully saturated rings. The third-order valence-electron chi connectivity index (χ3n) is 4.63. The Morgan fingerprint density at radius 1 is 1.38 bits per heavy atom. The summed E-state index contributed by atoms with van der Waals surface area (Å²) in [5, 5.41) is 3.76. The van der Waals surface area contributed by atoms with Gasteiger partial charge in [0.15, 0.2) is 0 Å². The first kappa shape index (κ1) is 13.1. The molecule has 0 amide bonds. The maximum Gasteiger partial charge on any atom is 0.133 e. The zero-order valence-corrected chi connectivity index (χ0v) is 12.4. The van der Waals surface area contributed by atoms with Crippen LogP contribution in [-0.4, -0.2) is 39.6 Å². The number of likely N-dealkylation sites (tertiary alicyclic amines) is 1. The van der Waals surface area contributed by atoms with E-state index in [2.05, 4.69) is 19.8 Å². The van der Waals surface area contributed by atoms with Crippen molar-refractivity contribution in [2.45, 2.75) is 37.4 Å². The van der Waals surface area contributed by atoms with Crippen molar-refractivity contribution in [3.05, 3.63) is 42.4 Å². The first-order valence-electron chi connectivity index (χ1n) is 7.82. The zero-order valence-electron chi connectivity index (χ0n) is 12.4. The first-order valence-corrected chi connectivity index (χ1v) is 7.82. The van der Waals surface area contributed by atoms with Gasteiger partial charge in [-0.25, -0.2) is 4.98 Å². The summed E-state index contributed by atoms with van der Waals surface area (Å²) in [6.07, 6.45) is 9.54. The molecule has 5 heteroatoms. The third kappa shape index (κ3) is 2.63. The number of imidazole rings is 1. The van der Waals surface area contributed by atoms with Crippen molar-refractivity contribution in [1.29, 1.82) is 0 Å². The lowest BCUT2D eigenvalue weighted by Crippen LogP contribution is -2.37. The molecule has 0 aromatic carbocycles. The van der Waals surface area contributed by atoms with Crippen LogP contribution in [0, 0.1) is 0 Å². The van der Waals surface area contributed by atoms with Gasteiger partial charge in [0.25, 0.3) is 0 Å². The molecular formula is C16H22N4O. The number of hydrogen-bond donors (Lipinski definition) is 1. The number of aryl methyl sites for hydroxylation is 1. The Balaban J connectivity index is 1.52. The number of hydrogen-bond acceptors (Lipinski definition) is 4. The quantitative estimate of drug-likeness (QED) is 0.912. The van der Waals surface area contributed by atoms with Crippen molar-refractivity contribution >= 4 is 0 Å². The maximum atomic E-state index is 5.64. The van der Waals surface area contributed by atoms with Crippen LogP contribution in [0.3, 0.4) is 0 Å². The molecule has 2 unspecified atom stereocenters. The largest absolute Gasteiger partial charge is 0.467 e. The molecule has 0 spiro atoms. The molecule has 1 N–H and O–H groups in total. The SMILES string of the molecule is Cn1ccnc1C(NC1CCN(C2CC2)C1)c1ccco1. The van der Waals surface area contributed by atoms with Gasteiger partial charge in [-0.1, -0.05) is 0 Å². The molecule has 2 aromatic rings. The van der Waals surface area contributed by atoms with Crippen LogP contribution >= 0.6 is 0 Å². The van der Waals surface area contributed by atoms with Crippen LogP contribution in [0.5, 0.6) is 0 Å². The van der Waals surface area contributed by atoms with Gasteiger partial charge in [-0.2, -0.15) is 0 Å². The molecule has 1 aliphatic carbocycles. The minimum absolute atomic E-state index is 0.0316. The summed E-state index contributed by atoms with van der Waals surface area (Å²) in [5.74, 6) is 1.95. The fourth-order valence-electron chi connectivity index (χ4n) is 3.33. The Hall–Kier alpha value is -1.59. The Labute approximate surface area is 125 Å². The Morgan fingerprint density at radius 3 is 2.95 bits per heavy atom. The highest BCUT2D eigenvalue weighted by Gasteiger charge is 2.35. The van der Waals surface area contributed by atoms with Crippen molar-refractivity contribution < 1.29 is 4.42 Å². The lowest BCUT2D eigenvalue weighted by atomic mass is 10.1. The molecule has 21 heavy (non-hydrogen) atoms. The molecule has 5 nitrogen and oxygen atoms in total. The van der Waals surface area contributed by atoms with E-state index in [0.717, 1.165) is 24.2 Å². The predicted molar refractivity (Wildman–Crippen MR) is 79.9 cm³/mol. The zero-order chi connectivity index (χ0) is 14.2. The molecule has 1 saturated heterocycles. The fourth-order valence-corrected chi connectivity index (χ4v) is 3.33. The molecule has 4 rings (SSSR count). The summed E-state index contributed by atoms with van der Waals surface area (Å²) >= 11 is 0. The van der Waals surface area contributed by atoms with Gasteiger partial charge in [0.05, 0.1) is 6.26 Å². The number of furan rings is 1. The van der Waals surface area contributed by atoms with Gasteiger partial charge in [0, 0.05) is 44.6 Å². The third-order valence-corrected chi connectivity index (χ3v) is 4.63. The van der Waals surface area contributed by atoms with E-state index in [1.54, 1.807) is 6.26 Å². The topological polar surface area (TPSA) is 46.2 Å². The van der Waals surface area contributed by atoms with Gasteiger partial charge < -0.3 is 8.98 Å². The van der Waals surface area contributed by atoms with Crippen molar-refractivity contribution in [3.8, 4) is 0 Å². The van der Waals surface area contributed by atoms with E-state index in [1.807, 2.05) is 31.6 Å². The minimum atomic E-state index is 0.0316. The average Bonchev–Trinajstić information content (AvgIpc) is 2.93. The lowest BCUT2D eigenvalue weighted by molar-refractivity contribution is 0.310. The first-order chi connectivity index (χ1) is 10.3. The number of nitrogens with zero attached hydrogens (tertiary/aromatic N) is 3. The molecule has 0 radical (unpaired) electrons. The van der Waals surface area contributed by atoms with Gasteiger partial charge in [0.1, 0.15) is 17.6 Å². The van der Waals surface area contributed by atoms with E-state index < -0.39 is 0 Å². The number of rotatable bonds is 5. The molecule has 2 aliphatic rings. The Kier molecular flexibility index (Phi) is 3.31. The van der Waals surface area contributed by atoms with E-state index in [1.165, 1.54) is 25.8 Å². The normalized spacial score (nSPS) is 24.5. The van der Waals surface area contributed by atoms with E-state index >= 15 is 0 Å². The van der Waals surface area contributed by atoms with Gasteiger partial charge >= 0.3 is 0 Å². The van der Waals surface area contributed by atoms with Gasteiger partial charge in [-0.15, -0.1) is 0 Å². The molecule has 2 aromatic heterocycles. The molecule has 3 heterocycles.